The highest BCUT2D eigenvalue weighted by molar-refractivity contribution is 9.10. The van der Waals surface area contributed by atoms with Gasteiger partial charge in [0.05, 0.1) is 0 Å². The lowest BCUT2D eigenvalue weighted by Gasteiger charge is -2.13. The Morgan fingerprint density at radius 2 is 2.06 bits per heavy atom. The van der Waals surface area contributed by atoms with Crippen LogP contribution in [0.15, 0.2) is 27.6 Å². The third-order valence-corrected chi connectivity index (χ3v) is 4.74. The van der Waals surface area contributed by atoms with Gasteiger partial charge < -0.3 is 5.11 Å². The van der Waals surface area contributed by atoms with Crippen LogP contribution in [0.2, 0.25) is 0 Å². The number of nitrogens with one attached hydrogen (secondary N) is 1. The summed E-state index contributed by atoms with van der Waals surface area (Å²) in [5.74, 6) is -2.18. The van der Waals surface area contributed by atoms with Crippen LogP contribution in [0, 0.1) is 5.82 Å². The van der Waals surface area contributed by atoms with Crippen LogP contribution >= 0.6 is 15.9 Å². The van der Waals surface area contributed by atoms with Crippen molar-refractivity contribution in [1.82, 2.24) is 4.72 Å². The molecule has 0 atom stereocenters. The smallest absolute Gasteiger partial charge is 0.324 e. The summed E-state index contributed by atoms with van der Waals surface area (Å²) in [6.07, 6.45) is 0.416. The number of carboxylic acids is 1. The quantitative estimate of drug-likeness (QED) is 0.871. The van der Waals surface area contributed by atoms with Crippen LogP contribution in [0.5, 0.6) is 0 Å². The van der Waals surface area contributed by atoms with Gasteiger partial charge in [-0.2, -0.15) is 4.72 Å². The van der Waals surface area contributed by atoms with Crippen LogP contribution in [-0.4, -0.2) is 25.0 Å². The first-order valence-corrected chi connectivity index (χ1v) is 7.27. The zero-order valence-corrected chi connectivity index (χ0v) is 11.4. The average molecular weight is 338 g/mol. The van der Waals surface area contributed by atoms with Crippen LogP contribution < -0.4 is 4.72 Å². The molecule has 1 fully saturated rings. The van der Waals surface area contributed by atoms with E-state index in [1.807, 2.05) is 4.72 Å². The van der Waals surface area contributed by atoms with Crippen LogP contribution in [-0.2, 0) is 14.8 Å². The molecular formula is C10H9BrFNO4S. The molecule has 0 saturated heterocycles. The molecule has 1 aliphatic rings. The highest BCUT2D eigenvalue weighted by atomic mass is 79.9. The molecule has 18 heavy (non-hydrogen) atoms. The van der Waals surface area contributed by atoms with Crippen molar-refractivity contribution in [3.63, 3.8) is 0 Å². The Balaban J connectivity index is 2.35. The maximum Gasteiger partial charge on any atom is 0.324 e. The molecule has 0 heterocycles. The first kappa shape index (κ1) is 13.4. The number of carboxylic acid groups (broad SMARTS) is 1. The number of benzene rings is 1. The summed E-state index contributed by atoms with van der Waals surface area (Å²) in [6.45, 7) is 0. The van der Waals surface area contributed by atoms with Crippen LogP contribution in [0.4, 0.5) is 4.39 Å². The highest BCUT2D eigenvalue weighted by Gasteiger charge is 2.53. The van der Waals surface area contributed by atoms with Crippen LogP contribution in [0.1, 0.15) is 12.8 Å². The van der Waals surface area contributed by atoms with Gasteiger partial charge in [-0.3, -0.25) is 4.79 Å². The van der Waals surface area contributed by atoms with Crippen molar-refractivity contribution in [1.29, 1.82) is 0 Å². The van der Waals surface area contributed by atoms with Crippen molar-refractivity contribution in [2.24, 2.45) is 0 Å². The molecule has 0 radical (unpaired) electrons. The lowest BCUT2D eigenvalue weighted by molar-refractivity contribution is -0.140. The molecule has 0 amide bonds. The molecule has 0 bridgehead atoms. The largest absolute Gasteiger partial charge is 0.480 e. The van der Waals surface area contributed by atoms with Gasteiger partial charge in [-0.05, 0) is 31.0 Å². The fourth-order valence-corrected chi connectivity index (χ4v) is 3.30. The first-order valence-electron chi connectivity index (χ1n) is 4.99. The molecule has 0 spiro atoms. The van der Waals surface area contributed by atoms with E-state index in [9.17, 15) is 17.6 Å². The zero-order valence-electron chi connectivity index (χ0n) is 8.98. The minimum absolute atomic E-state index is 0.208. The second kappa shape index (κ2) is 4.29. The fourth-order valence-electron chi connectivity index (χ4n) is 1.49. The topological polar surface area (TPSA) is 83.5 Å². The summed E-state index contributed by atoms with van der Waals surface area (Å²) in [5, 5.41) is 8.90. The van der Waals surface area contributed by atoms with Crippen molar-refractivity contribution in [2.75, 3.05) is 0 Å². The van der Waals surface area contributed by atoms with Crippen LogP contribution in [0.3, 0.4) is 0 Å². The standard InChI is InChI=1S/C10H9BrFNO4S/c11-6-1-2-8(7(12)5-6)18(16,17)13-10(3-4-10)9(14)15/h1-2,5,13H,3-4H2,(H,14,15). The zero-order chi connectivity index (χ0) is 13.6. The molecule has 8 heteroatoms. The predicted octanol–water partition coefficient (Wildman–Crippen LogP) is 1.48. The lowest BCUT2D eigenvalue weighted by Crippen LogP contribution is -2.43. The Bertz CT molecular complexity index is 612. The van der Waals surface area contributed by atoms with Gasteiger partial charge in [-0.15, -0.1) is 0 Å². The van der Waals surface area contributed by atoms with E-state index in [0.29, 0.717) is 4.47 Å². The highest BCUT2D eigenvalue weighted by Crippen LogP contribution is 2.37. The molecule has 1 saturated carbocycles. The maximum absolute atomic E-state index is 13.5. The summed E-state index contributed by atoms with van der Waals surface area (Å²) in [6, 6.07) is 3.46. The second-order valence-corrected chi connectivity index (χ2v) is 6.63. The van der Waals surface area contributed by atoms with Gasteiger partial charge in [0.15, 0.2) is 0 Å². The molecule has 2 N–H and O–H groups in total. The molecule has 5 nitrogen and oxygen atoms in total. The predicted molar refractivity (Wildman–Crippen MR) is 64.0 cm³/mol. The van der Waals surface area contributed by atoms with E-state index in [0.717, 1.165) is 12.1 Å². The lowest BCUT2D eigenvalue weighted by atomic mass is 10.3. The maximum atomic E-state index is 13.5. The van der Waals surface area contributed by atoms with E-state index in [2.05, 4.69) is 15.9 Å². The van der Waals surface area contributed by atoms with E-state index < -0.39 is 32.2 Å². The molecule has 1 aliphatic carbocycles. The summed E-state index contributed by atoms with van der Waals surface area (Å²) in [7, 11) is -4.17. The van der Waals surface area contributed by atoms with Gasteiger partial charge in [0.1, 0.15) is 16.3 Å². The SMILES string of the molecule is O=C(O)C1(NS(=O)(=O)c2ccc(Br)cc2F)CC1. The number of sulfonamides is 1. The average Bonchev–Trinajstić information content (AvgIpc) is 2.97. The Morgan fingerprint density at radius 1 is 1.44 bits per heavy atom. The normalized spacial score (nSPS) is 17.4. The molecule has 98 valence electrons. The minimum atomic E-state index is -4.17. The van der Waals surface area contributed by atoms with Crippen molar-refractivity contribution in [2.45, 2.75) is 23.3 Å². The van der Waals surface area contributed by atoms with Gasteiger partial charge in [0, 0.05) is 4.47 Å². The van der Waals surface area contributed by atoms with E-state index in [1.54, 1.807) is 0 Å². The van der Waals surface area contributed by atoms with E-state index in [1.165, 1.54) is 6.07 Å². The van der Waals surface area contributed by atoms with Gasteiger partial charge in [-0.1, -0.05) is 15.9 Å². The number of aliphatic carboxylic acids is 1. The van der Waals surface area contributed by atoms with Gasteiger partial charge in [0.2, 0.25) is 10.0 Å². The van der Waals surface area contributed by atoms with Crippen molar-refractivity contribution < 1.29 is 22.7 Å². The number of carbonyl (C=O) groups is 1. The Morgan fingerprint density at radius 3 is 2.50 bits per heavy atom. The summed E-state index contributed by atoms with van der Waals surface area (Å²) >= 11 is 3.01. The van der Waals surface area contributed by atoms with Crippen molar-refractivity contribution >= 4 is 31.9 Å². The Kier molecular flexibility index (Phi) is 3.20. The Hall–Kier alpha value is -0.990. The van der Waals surface area contributed by atoms with Gasteiger partial charge >= 0.3 is 5.97 Å². The summed E-state index contributed by atoms with van der Waals surface area (Å²) in [5.41, 5.74) is -1.47. The number of hydrogen-bond donors (Lipinski definition) is 2. The van der Waals surface area contributed by atoms with Crippen LogP contribution in [0.25, 0.3) is 0 Å². The van der Waals surface area contributed by atoms with Crippen molar-refractivity contribution in [3.8, 4) is 0 Å². The molecule has 0 aliphatic heterocycles. The van der Waals surface area contributed by atoms with E-state index in [4.69, 9.17) is 5.11 Å². The molecule has 1 aromatic carbocycles. The van der Waals surface area contributed by atoms with E-state index >= 15 is 0 Å². The number of halogens is 2. The molecule has 1 aromatic rings. The third-order valence-electron chi connectivity index (χ3n) is 2.67. The third kappa shape index (κ3) is 2.40. The first-order chi connectivity index (χ1) is 8.27. The Labute approximate surface area is 111 Å². The minimum Gasteiger partial charge on any atom is -0.480 e. The molecule has 2 rings (SSSR count). The second-order valence-electron chi connectivity index (χ2n) is 4.07. The molecular weight excluding hydrogens is 329 g/mol. The molecule has 0 unspecified atom stereocenters. The monoisotopic (exact) mass is 337 g/mol. The van der Waals surface area contributed by atoms with Crippen molar-refractivity contribution in [3.05, 3.63) is 28.5 Å². The van der Waals surface area contributed by atoms with Gasteiger partial charge in [-0.25, -0.2) is 12.8 Å². The summed E-state index contributed by atoms with van der Waals surface area (Å²) < 4.78 is 39.8. The van der Waals surface area contributed by atoms with Gasteiger partial charge in [0.25, 0.3) is 0 Å². The molecule has 0 aromatic heterocycles. The number of rotatable bonds is 4. The number of hydrogen-bond acceptors (Lipinski definition) is 3. The fraction of sp³-hybridized carbons (Fsp3) is 0.300. The van der Waals surface area contributed by atoms with E-state index in [-0.39, 0.29) is 12.8 Å². The summed E-state index contributed by atoms with van der Waals surface area (Å²) in [4.78, 5) is 10.3.